The molecule has 5 nitrogen and oxygen atoms in total. The number of halogens is 4. The number of rotatable bonds is 14. The van der Waals surface area contributed by atoms with Gasteiger partial charge in [0.05, 0.1) is 19.1 Å². The van der Waals surface area contributed by atoms with Crippen molar-refractivity contribution in [2.75, 3.05) is 13.2 Å². The zero-order valence-corrected chi connectivity index (χ0v) is 21.4. The molecule has 0 amide bonds. The molecule has 0 spiro atoms. The van der Waals surface area contributed by atoms with Crippen LogP contribution in [0.15, 0.2) is 48.5 Å². The standard InChI is InChI=1S/C26H30BrF3O5/c1-3-33-24(31)26(27,25(32)34-4-2)22(23(29)30)8-6-5-7-18-11-15-21(16-12-18)35-17-19-9-13-20(28)14-10-19/h9-16,22-23H,3-8,17H2,1-2H3. The summed E-state index contributed by atoms with van der Waals surface area (Å²) < 4.78 is 54.1. The third kappa shape index (κ3) is 8.26. The molecule has 0 saturated carbocycles. The van der Waals surface area contributed by atoms with Gasteiger partial charge in [0.15, 0.2) is 0 Å². The van der Waals surface area contributed by atoms with Crippen LogP contribution >= 0.6 is 15.9 Å². The van der Waals surface area contributed by atoms with Gasteiger partial charge in [-0.15, -0.1) is 0 Å². The van der Waals surface area contributed by atoms with E-state index < -0.39 is 28.6 Å². The average molecular weight is 559 g/mol. The second-order valence-electron chi connectivity index (χ2n) is 7.90. The summed E-state index contributed by atoms with van der Waals surface area (Å²) in [5.74, 6) is -3.38. The summed E-state index contributed by atoms with van der Waals surface area (Å²) in [6.45, 7) is 3.28. The summed E-state index contributed by atoms with van der Waals surface area (Å²) in [6, 6.07) is 13.5. The van der Waals surface area contributed by atoms with E-state index in [0.717, 1.165) is 11.1 Å². The predicted octanol–water partition coefficient (Wildman–Crippen LogP) is 6.26. The third-order valence-corrected chi connectivity index (χ3v) is 6.67. The van der Waals surface area contributed by atoms with E-state index in [1.165, 1.54) is 26.0 Å². The lowest BCUT2D eigenvalue weighted by Gasteiger charge is -2.31. The van der Waals surface area contributed by atoms with Crippen molar-refractivity contribution < 1.29 is 37.0 Å². The number of benzene rings is 2. The average Bonchev–Trinajstić information content (AvgIpc) is 2.84. The highest BCUT2D eigenvalue weighted by Gasteiger charge is 2.56. The Morgan fingerprint density at radius 1 is 0.886 bits per heavy atom. The highest BCUT2D eigenvalue weighted by Crippen LogP contribution is 2.39. The Kier molecular flexibility index (Phi) is 11.6. The fraction of sp³-hybridized carbons (Fsp3) is 0.462. The molecule has 2 aromatic rings. The lowest BCUT2D eigenvalue weighted by atomic mass is 9.87. The van der Waals surface area contributed by atoms with Gasteiger partial charge >= 0.3 is 11.9 Å². The van der Waals surface area contributed by atoms with E-state index in [1.807, 2.05) is 24.3 Å². The van der Waals surface area contributed by atoms with Crippen LogP contribution in [0.1, 0.15) is 44.2 Å². The van der Waals surface area contributed by atoms with Crippen LogP contribution in [0, 0.1) is 11.7 Å². The van der Waals surface area contributed by atoms with Gasteiger partial charge in [0, 0.05) is 0 Å². The van der Waals surface area contributed by atoms with E-state index in [1.54, 1.807) is 12.1 Å². The number of hydrogen-bond acceptors (Lipinski definition) is 5. The molecule has 0 aliphatic carbocycles. The molecule has 2 rings (SSSR count). The number of carbonyl (C=O) groups is 2. The summed E-state index contributed by atoms with van der Waals surface area (Å²) in [4.78, 5) is 24.9. The zero-order chi connectivity index (χ0) is 25.8. The molecule has 9 heteroatoms. The van der Waals surface area contributed by atoms with Crippen molar-refractivity contribution in [1.29, 1.82) is 0 Å². The second kappa shape index (κ2) is 14.1. The Hall–Kier alpha value is -2.55. The summed E-state index contributed by atoms with van der Waals surface area (Å²) in [5, 5.41) is 0. The Balaban J connectivity index is 1.91. The van der Waals surface area contributed by atoms with Gasteiger partial charge in [-0.05, 0) is 68.5 Å². The van der Waals surface area contributed by atoms with Gasteiger partial charge in [-0.3, -0.25) is 0 Å². The molecular formula is C26H30BrF3O5. The van der Waals surface area contributed by atoms with Crippen molar-refractivity contribution in [3.63, 3.8) is 0 Å². The topological polar surface area (TPSA) is 61.8 Å². The smallest absolute Gasteiger partial charge is 0.334 e. The van der Waals surface area contributed by atoms with Crippen LogP contribution in [0.2, 0.25) is 0 Å². The monoisotopic (exact) mass is 558 g/mol. The quantitative estimate of drug-likeness (QED) is 0.118. The lowest BCUT2D eigenvalue weighted by molar-refractivity contribution is -0.163. The van der Waals surface area contributed by atoms with Crippen LogP contribution in [-0.2, 0) is 32.1 Å². The molecule has 0 radical (unpaired) electrons. The summed E-state index contributed by atoms with van der Waals surface area (Å²) in [6.07, 6.45) is -1.43. The number of hydrogen-bond donors (Lipinski definition) is 0. The number of ether oxygens (including phenoxy) is 3. The van der Waals surface area contributed by atoms with Crippen LogP contribution in [0.4, 0.5) is 13.2 Å². The number of aryl methyl sites for hydroxylation is 1. The largest absolute Gasteiger partial charge is 0.489 e. The Morgan fingerprint density at radius 2 is 1.43 bits per heavy atom. The minimum Gasteiger partial charge on any atom is -0.489 e. The molecule has 0 aliphatic heterocycles. The Labute approximate surface area is 212 Å². The highest BCUT2D eigenvalue weighted by molar-refractivity contribution is 9.10. The van der Waals surface area contributed by atoms with Gasteiger partial charge in [-0.25, -0.2) is 22.8 Å². The molecule has 0 heterocycles. The zero-order valence-electron chi connectivity index (χ0n) is 19.8. The Morgan fingerprint density at radius 3 is 1.94 bits per heavy atom. The predicted molar refractivity (Wildman–Crippen MR) is 129 cm³/mol. The lowest BCUT2D eigenvalue weighted by Crippen LogP contribution is -2.52. The van der Waals surface area contributed by atoms with E-state index in [0.29, 0.717) is 31.6 Å². The first kappa shape index (κ1) is 28.7. The van der Waals surface area contributed by atoms with Crippen molar-refractivity contribution in [1.82, 2.24) is 0 Å². The Bertz CT molecular complexity index is 917. The minimum atomic E-state index is -2.93. The van der Waals surface area contributed by atoms with Crippen LogP contribution in [0.5, 0.6) is 5.75 Å². The first-order valence-electron chi connectivity index (χ1n) is 11.5. The molecule has 0 aromatic heterocycles. The SMILES string of the molecule is CCOC(=O)C(Br)(C(=O)OCC)C(CCCCc1ccc(OCc2ccc(F)cc2)cc1)C(F)F. The number of unbranched alkanes of at least 4 members (excludes halogenated alkanes) is 1. The molecular weight excluding hydrogens is 529 g/mol. The first-order valence-corrected chi connectivity index (χ1v) is 12.3. The summed E-state index contributed by atoms with van der Waals surface area (Å²) >= 11 is 2.96. The van der Waals surface area contributed by atoms with Crippen LogP contribution in [0.3, 0.4) is 0 Å². The van der Waals surface area contributed by atoms with E-state index >= 15 is 0 Å². The maximum absolute atomic E-state index is 13.9. The third-order valence-electron chi connectivity index (χ3n) is 5.43. The molecule has 2 aromatic carbocycles. The summed E-state index contributed by atoms with van der Waals surface area (Å²) in [7, 11) is 0. The molecule has 1 atom stereocenters. The van der Waals surface area contributed by atoms with Crippen molar-refractivity contribution in [3.8, 4) is 5.75 Å². The highest BCUT2D eigenvalue weighted by atomic mass is 79.9. The van der Waals surface area contributed by atoms with Gasteiger partial charge < -0.3 is 14.2 Å². The normalized spacial score (nSPS) is 12.3. The van der Waals surface area contributed by atoms with Crippen molar-refractivity contribution >= 4 is 27.9 Å². The van der Waals surface area contributed by atoms with Crippen molar-refractivity contribution in [2.24, 2.45) is 5.92 Å². The maximum Gasteiger partial charge on any atom is 0.334 e. The first-order chi connectivity index (χ1) is 16.7. The van der Waals surface area contributed by atoms with E-state index in [9.17, 15) is 22.8 Å². The molecule has 0 fully saturated rings. The van der Waals surface area contributed by atoms with Crippen molar-refractivity contribution in [3.05, 3.63) is 65.5 Å². The molecule has 0 saturated heterocycles. The summed E-state index contributed by atoms with van der Waals surface area (Å²) in [5.41, 5.74) is 1.84. The molecule has 0 aliphatic rings. The van der Waals surface area contributed by atoms with Crippen molar-refractivity contribution in [2.45, 2.75) is 56.9 Å². The van der Waals surface area contributed by atoms with Gasteiger partial charge in [0.1, 0.15) is 18.2 Å². The fourth-order valence-corrected chi connectivity index (χ4v) is 4.21. The number of esters is 2. The number of carbonyl (C=O) groups excluding carboxylic acids is 2. The van der Waals surface area contributed by atoms with Gasteiger partial charge in [0.25, 0.3) is 0 Å². The van der Waals surface area contributed by atoms with E-state index in [2.05, 4.69) is 15.9 Å². The van der Waals surface area contributed by atoms with Gasteiger partial charge in [-0.1, -0.05) is 46.6 Å². The molecule has 192 valence electrons. The van der Waals surface area contributed by atoms with E-state index in [-0.39, 0.29) is 25.5 Å². The molecule has 1 unspecified atom stereocenters. The van der Waals surface area contributed by atoms with Gasteiger partial charge in [-0.2, -0.15) is 0 Å². The van der Waals surface area contributed by atoms with Crippen LogP contribution < -0.4 is 4.74 Å². The van der Waals surface area contributed by atoms with Crippen LogP contribution in [0.25, 0.3) is 0 Å². The maximum atomic E-state index is 13.9. The van der Waals surface area contributed by atoms with Crippen LogP contribution in [-0.4, -0.2) is 35.9 Å². The minimum absolute atomic E-state index is 0.0504. The fourth-order valence-electron chi connectivity index (χ4n) is 3.55. The van der Waals surface area contributed by atoms with E-state index in [4.69, 9.17) is 14.2 Å². The number of alkyl halides is 3. The van der Waals surface area contributed by atoms with Gasteiger partial charge in [0.2, 0.25) is 10.7 Å². The molecule has 0 N–H and O–H groups in total. The molecule has 0 bridgehead atoms. The second-order valence-corrected chi connectivity index (χ2v) is 9.15. The molecule has 35 heavy (non-hydrogen) atoms.